The molecule has 1 fully saturated rings. The number of carbonyl (C=O) groups is 2. The van der Waals surface area contributed by atoms with Crippen molar-refractivity contribution in [3.05, 3.63) is 47.3 Å². The summed E-state index contributed by atoms with van der Waals surface area (Å²) in [6.07, 6.45) is 3.15. The van der Waals surface area contributed by atoms with Crippen molar-refractivity contribution in [2.24, 2.45) is 5.92 Å². The zero-order valence-corrected chi connectivity index (χ0v) is 15.8. The molecule has 8 heteroatoms. The van der Waals surface area contributed by atoms with Gasteiger partial charge in [0.15, 0.2) is 5.69 Å². The van der Waals surface area contributed by atoms with Crippen LogP contribution in [0.2, 0.25) is 5.02 Å². The Labute approximate surface area is 161 Å². The van der Waals surface area contributed by atoms with E-state index in [1.807, 2.05) is 29.2 Å². The predicted octanol–water partition coefficient (Wildman–Crippen LogP) is 3.09. The number of benzene rings is 1. The molecule has 1 aromatic carbocycles. The van der Waals surface area contributed by atoms with Crippen molar-refractivity contribution in [3.63, 3.8) is 0 Å². The summed E-state index contributed by atoms with van der Waals surface area (Å²) in [6, 6.07) is 9.03. The van der Waals surface area contributed by atoms with Crippen LogP contribution in [0.1, 0.15) is 23.3 Å². The average Bonchev–Trinajstić information content (AvgIpc) is 3.21. The second-order valence-corrected chi connectivity index (χ2v) is 7.65. The Kier molecular flexibility index (Phi) is 6.57. The fraction of sp³-hybridized carbons (Fsp3) is 0.389. The summed E-state index contributed by atoms with van der Waals surface area (Å²) in [7, 11) is 0. The standard InChI is InChI=1S/C18H20ClN3O3S/c19-14-1-3-15(4-2-14)26-12-17(23)22-8-5-13(6-9-22)11-20-18(24)16-7-10-25-21-16/h1-4,7,10,13H,5-6,8-9,11-12H2,(H,20,24). The molecule has 138 valence electrons. The molecule has 6 nitrogen and oxygen atoms in total. The molecule has 1 aliphatic rings. The molecule has 3 rings (SSSR count). The molecule has 0 radical (unpaired) electrons. The van der Waals surface area contributed by atoms with Gasteiger partial charge in [-0.05, 0) is 43.0 Å². The Morgan fingerprint density at radius 1 is 1.23 bits per heavy atom. The number of likely N-dealkylation sites (tertiary alicyclic amines) is 1. The predicted molar refractivity (Wildman–Crippen MR) is 100 cm³/mol. The molecule has 0 spiro atoms. The minimum atomic E-state index is -0.225. The molecule has 0 saturated carbocycles. The van der Waals surface area contributed by atoms with Gasteiger partial charge in [0.25, 0.3) is 5.91 Å². The highest BCUT2D eigenvalue weighted by Crippen LogP contribution is 2.22. The number of hydrogen-bond donors (Lipinski definition) is 1. The number of halogens is 1. The van der Waals surface area contributed by atoms with E-state index in [2.05, 4.69) is 15.0 Å². The van der Waals surface area contributed by atoms with E-state index in [9.17, 15) is 9.59 Å². The van der Waals surface area contributed by atoms with Gasteiger partial charge in [-0.25, -0.2) is 0 Å². The third-order valence-electron chi connectivity index (χ3n) is 4.36. The Bertz CT molecular complexity index is 729. The van der Waals surface area contributed by atoms with Crippen LogP contribution in [0.15, 0.2) is 46.0 Å². The van der Waals surface area contributed by atoms with Crippen molar-refractivity contribution in [2.75, 3.05) is 25.4 Å². The fourth-order valence-electron chi connectivity index (χ4n) is 2.81. The van der Waals surface area contributed by atoms with Crippen LogP contribution in [-0.2, 0) is 4.79 Å². The van der Waals surface area contributed by atoms with Crippen molar-refractivity contribution < 1.29 is 14.1 Å². The number of hydrogen-bond acceptors (Lipinski definition) is 5. The summed E-state index contributed by atoms with van der Waals surface area (Å²) in [4.78, 5) is 27.1. The van der Waals surface area contributed by atoms with Gasteiger partial charge in [0.1, 0.15) is 6.26 Å². The van der Waals surface area contributed by atoms with Crippen molar-refractivity contribution in [2.45, 2.75) is 17.7 Å². The number of nitrogens with one attached hydrogen (secondary N) is 1. The Hall–Kier alpha value is -1.99. The van der Waals surface area contributed by atoms with E-state index >= 15 is 0 Å². The SMILES string of the molecule is O=C(NCC1CCN(C(=O)CSc2ccc(Cl)cc2)CC1)c1ccon1. The second kappa shape index (κ2) is 9.09. The number of carbonyl (C=O) groups excluding carboxylic acids is 2. The second-order valence-electron chi connectivity index (χ2n) is 6.16. The third kappa shape index (κ3) is 5.25. The van der Waals surface area contributed by atoms with Crippen LogP contribution in [0.3, 0.4) is 0 Å². The Balaban J connectivity index is 1.37. The topological polar surface area (TPSA) is 75.4 Å². The maximum Gasteiger partial charge on any atom is 0.273 e. The highest BCUT2D eigenvalue weighted by molar-refractivity contribution is 8.00. The molecular formula is C18H20ClN3O3S. The maximum atomic E-state index is 12.4. The van der Waals surface area contributed by atoms with E-state index in [1.165, 1.54) is 24.1 Å². The van der Waals surface area contributed by atoms with Gasteiger partial charge in [-0.2, -0.15) is 0 Å². The summed E-state index contributed by atoms with van der Waals surface area (Å²) in [5.41, 5.74) is 0.289. The third-order valence-corrected chi connectivity index (χ3v) is 5.61. The molecule has 1 aliphatic heterocycles. The van der Waals surface area contributed by atoms with Crippen LogP contribution in [0, 0.1) is 5.92 Å². The zero-order valence-electron chi connectivity index (χ0n) is 14.2. The quantitative estimate of drug-likeness (QED) is 0.763. The summed E-state index contributed by atoms with van der Waals surface area (Å²) in [5, 5.41) is 7.18. The Morgan fingerprint density at radius 2 is 1.96 bits per heavy atom. The van der Waals surface area contributed by atoms with E-state index in [4.69, 9.17) is 11.6 Å². The van der Waals surface area contributed by atoms with Crippen LogP contribution >= 0.6 is 23.4 Å². The molecule has 1 saturated heterocycles. The molecule has 26 heavy (non-hydrogen) atoms. The van der Waals surface area contributed by atoms with Gasteiger partial charge in [0, 0.05) is 35.6 Å². The number of amides is 2. The lowest BCUT2D eigenvalue weighted by atomic mass is 9.97. The minimum absolute atomic E-state index is 0.148. The zero-order chi connectivity index (χ0) is 18.4. The number of aromatic nitrogens is 1. The molecule has 0 atom stereocenters. The first-order valence-electron chi connectivity index (χ1n) is 8.46. The highest BCUT2D eigenvalue weighted by atomic mass is 35.5. The summed E-state index contributed by atoms with van der Waals surface area (Å²) in [5.74, 6) is 0.723. The summed E-state index contributed by atoms with van der Waals surface area (Å²) >= 11 is 7.39. The number of nitrogens with zero attached hydrogens (tertiary/aromatic N) is 2. The molecule has 1 N–H and O–H groups in total. The van der Waals surface area contributed by atoms with Gasteiger partial charge in [-0.1, -0.05) is 16.8 Å². The first-order valence-corrected chi connectivity index (χ1v) is 9.83. The van der Waals surface area contributed by atoms with Crippen LogP contribution in [0.5, 0.6) is 0 Å². The molecule has 2 aromatic rings. The van der Waals surface area contributed by atoms with Gasteiger partial charge < -0.3 is 14.7 Å². The molecular weight excluding hydrogens is 374 g/mol. The van der Waals surface area contributed by atoms with Gasteiger partial charge >= 0.3 is 0 Å². The van der Waals surface area contributed by atoms with Crippen LogP contribution in [0.4, 0.5) is 0 Å². The first-order chi connectivity index (χ1) is 12.6. The summed E-state index contributed by atoms with van der Waals surface area (Å²) in [6.45, 7) is 2.04. The van der Waals surface area contributed by atoms with Crippen molar-refractivity contribution in [1.29, 1.82) is 0 Å². The summed E-state index contributed by atoms with van der Waals surface area (Å²) < 4.78 is 4.67. The van der Waals surface area contributed by atoms with Crippen molar-refractivity contribution >= 4 is 35.2 Å². The van der Waals surface area contributed by atoms with Crippen LogP contribution in [-0.4, -0.2) is 47.3 Å². The van der Waals surface area contributed by atoms with Crippen LogP contribution < -0.4 is 5.32 Å². The first kappa shape index (κ1) is 18.8. The van der Waals surface area contributed by atoms with E-state index < -0.39 is 0 Å². The van der Waals surface area contributed by atoms with Crippen molar-refractivity contribution in [1.82, 2.24) is 15.4 Å². The molecule has 0 aliphatic carbocycles. The lowest BCUT2D eigenvalue weighted by molar-refractivity contribution is -0.129. The van der Waals surface area contributed by atoms with Gasteiger partial charge in [0.05, 0.1) is 5.75 Å². The molecule has 1 aromatic heterocycles. The monoisotopic (exact) mass is 393 g/mol. The van der Waals surface area contributed by atoms with E-state index in [0.29, 0.717) is 23.2 Å². The van der Waals surface area contributed by atoms with E-state index in [-0.39, 0.29) is 17.5 Å². The van der Waals surface area contributed by atoms with Crippen molar-refractivity contribution in [3.8, 4) is 0 Å². The Morgan fingerprint density at radius 3 is 2.62 bits per heavy atom. The number of rotatable bonds is 6. The van der Waals surface area contributed by atoms with Gasteiger partial charge in [0.2, 0.25) is 5.91 Å². The maximum absolute atomic E-state index is 12.4. The lowest BCUT2D eigenvalue weighted by Gasteiger charge is -2.32. The van der Waals surface area contributed by atoms with E-state index in [0.717, 1.165) is 30.8 Å². The largest absolute Gasteiger partial charge is 0.364 e. The van der Waals surface area contributed by atoms with Crippen LogP contribution in [0.25, 0.3) is 0 Å². The highest BCUT2D eigenvalue weighted by Gasteiger charge is 2.23. The number of thioether (sulfide) groups is 1. The fourth-order valence-corrected chi connectivity index (χ4v) is 3.74. The smallest absolute Gasteiger partial charge is 0.273 e. The molecule has 2 amide bonds. The molecule has 0 bridgehead atoms. The lowest BCUT2D eigenvalue weighted by Crippen LogP contribution is -2.42. The van der Waals surface area contributed by atoms with Gasteiger partial charge in [-0.3, -0.25) is 9.59 Å². The molecule has 2 heterocycles. The normalized spacial score (nSPS) is 15.0. The molecule has 0 unspecified atom stereocenters. The number of piperidine rings is 1. The average molecular weight is 394 g/mol. The van der Waals surface area contributed by atoms with Gasteiger partial charge in [-0.15, -0.1) is 11.8 Å². The van der Waals surface area contributed by atoms with E-state index in [1.54, 1.807) is 0 Å². The minimum Gasteiger partial charge on any atom is -0.364 e.